The molecule has 0 bridgehead atoms. The van der Waals surface area contributed by atoms with E-state index in [0.29, 0.717) is 5.92 Å². The van der Waals surface area contributed by atoms with E-state index in [2.05, 4.69) is 58.9 Å². The van der Waals surface area contributed by atoms with Crippen LogP contribution in [0.5, 0.6) is 0 Å². The predicted octanol–water partition coefficient (Wildman–Crippen LogP) is 4.54. The molecule has 0 aromatic rings. The van der Waals surface area contributed by atoms with Gasteiger partial charge in [-0.15, -0.1) is 0 Å². The van der Waals surface area contributed by atoms with Crippen LogP contribution in [-0.4, -0.2) is 4.01 Å². The van der Waals surface area contributed by atoms with Crippen molar-refractivity contribution in [1.29, 1.82) is 0 Å². The minimum Gasteiger partial charge on any atom is -0.0990 e. The average Bonchev–Trinajstić information content (AvgIpc) is 2.25. The zero-order valence-electron chi connectivity index (χ0n) is 9.28. The van der Waals surface area contributed by atoms with Gasteiger partial charge in [0, 0.05) is 0 Å². The van der Waals surface area contributed by atoms with Gasteiger partial charge in [-0.3, -0.25) is 0 Å². The lowest BCUT2D eigenvalue weighted by Gasteiger charge is -2.05. The van der Waals surface area contributed by atoms with Crippen LogP contribution in [0.2, 0.25) is 0 Å². The molecule has 1 heterocycles. The highest BCUT2D eigenvalue weighted by Gasteiger charge is 1.98. The molecular weight excluding hydrogens is 295 g/mol. The summed E-state index contributed by atoms with van der Waals surface area (Å²) in [5.74, 6) is 0.586. The molecule has 80 valence electrons. The Kier molecular flexibility index (Phi) is 5.54. The first-order valence-electron chi connectivity index (χ1n) is 5.07. The molecule has 1 rings (SSSR count). The van der Waals surface area contributed by atoms with E-state index in [0.717, 1.165) is 0 Å². The Balaban J connectivity index is 2.89. The third-order valence-corrected chi connectivity index (χ3v) is 3.47. The quantitative estimate of drug-likeness (QED) is 0.528. The molecule has 0 fully saturated rings. The summed E-state index contributed by atoms with van der Waals surface area (Å²) in [6.45, 7) is 8.13. The van der Waals surface area contributed by atoms with Crippen LogP contribution in [0.3, 0.4) is 0 Å². The van der Waals surface area contributed by atoms with Crippen molar-refractivity contribution < 1.29 is 0 Å². The van der Waals surface area contributed by atoms with Crippen LogP contribution < -0.4 is 0 Å². The second-order valence-electron chi connectivity index (χ2n) is 3.63. The number of allylic oxidation sites excluding steroid dienone is 8. The van der Waals surface area contributed by atoms with Gasteiger partial charge < -0.3 is 0 Å². The number of hydrogen-bond donors (Lipinski definition) is 0. The van der Waals surface area contributed by atoms with Crippen LogP contribution in [0.1, 0.15) is 13.8 Å². The normalized spacial score (nSPS) is 16.7. The standard InChI is InChI=1S/C14H17I/c1-4-5-13(7-6-12(2)3)14-8-10-15-11-9-14/h4-12H,1H2,2-3H3/b7-6-,13-5+. The molecule has 0 nitrogen and oxygen atoms in total. The van der Waals surface area contributed by atoms with Crippen molar-refractivity contribution in [3.8, 4) is 0 Å². The summed E-state index contributed by atoms with van der Waals surface area (Å²) in [6.07, 6.45) is 12.7. The first-order chi connectivity index (χ1) is 7.24. The van der Waals surface area contributed by atoms with E-state index in [-0.39, 0.29) is 20.7 Å². The molecule has 1 heteroatoms. The maximum Gasteiger partial charge on any atom is -0.0175 e. The van der Waals surface area contributed by atoms with Crippen molar-refractivity contribution in [3.05, 3.63) is 58.3 Å². The molecule has 0 aliphatic carbocycles. The smallest absolute Gasteiger partial charge is 0.0175 e. The fraction of sp³-hybridized carbons (Fsp3) is 0.214. The van der Waals surface area contributed by atoms with Crippen LogP contribution >= 0.6 is 20.7 Å². The second-order valence-corrected chi connectivity index (χ2v) is 5.78. The highest BCUT2D eigenvalue weighted by Crippen LogP contribution is 2.19. The summed E-state index contributed by atoms with van der Waals surface area (Å²) >= 11 is 0.171. The Morgan fingerprint density at radius 2 is 2.27 bits per heavy atom. The maximum absolute atomic E-state index is 3.76. The molecule has 15 heavy (non-hydrogen) atoms. The van der Waals surface area contributed by atoms with Gasteiger partial charge in [0.15, 0.2) is 0 Å². The van der Waals surface area contributed by atoms with E-state index >= 15 is 0 Å². The molecule has 0 radical (unpaired) electrons. The maximum atomic E-state index is 3.76. The lowest BCUT2D eigenvalue weighted by atomic mass is 10.0. The van der Waals surface area contributed by atoms with Gasteiger partial charge in [-0.2, -0.15) is 0 Å². The first-order valence-corrected chi connectivity index (χ1v) is 7.56. The van der Waals surface area contributed by atoms with Crippen molar-refractivity contribution in [3.63, 3.8) is 0 Å². The molecule has 1 aliphatic rings. The molecule has 0 spiro atoms. The van der Waals surface area contributed by atoms with Crippen LogP contribution in [-0.2, 0) is 0 Å². The van der Waals surface area contributed by atoms with Crippen LogP contribution in [0, 0.1) is 5.92 Å². The average molecular weight is 312 g/mol. The molecule has 0 aromatic heterocycles. The fourth-order valence-electron chi connectivity index (χ4n) is 1.17. The van der Waals surface area contributed by atoms with Gasteiger partial charge in [0.25, 0.3) is 0 Å². The number of halogens is 1. The third kappa shape index (κ3) is 4.56. The molecule has 0 N–H and O–H groups in total. The predicted molar refractivity (Wildman–Crippen MR) is 79.6 cm³/mol. The molecule has 0 unspecified atom stereocenters. The van der Waals surface area contributed by atoms with E-state index in [9.17, 15) is 0 Å². The second kappa shape index (κ2) is 6.72. The monoisotopic (exact) mass is 312 g/mol. The topological polar surface area (TPSA) is 0 Å². The summed E-state index contributed by atoms with van der Waals surface area (Å²) in [7, 11) is 0. The fourth-order valence-corrected chi connectivity index (χ4v) is 2.60. The molecule has 0 saturated heterocycles. The Morgan fingerprint density at radius 3 is 2.80 bits per heavy atom. The summed E-state index contributed by atoms with van der Waals surface area (Å²) in [4.78, 5) is 0. The summed E-state index contributed by atoms with van der Waals surface area (Å²) in [5, 5.41) is 0. The van der Waals surface area contributed by atoms with Crippen molar-refractivity contribution >= 4 is 24.7 Å². The van der Waals surface area contributed by atoms with E-state index in [1.54, 1.807) is 0 Å². The SMILES string of the molecule is C=C/C=C(\C=C/C(C)C)C1=CC=IC=C1. The molecular formula is C14H17I. The van der Waals surface area contributed by atoms with E-state index in [1.807, 2.05) is 6.08 Å². The highest BCUT2D eigenvalue weighted by atomic mass is 127. The van der Waals surface area contributed by atoms with Crippen molar-refractivity contribution in [2.75, 3.05) is 0 Å². The van der Waals surface area contributed by atoms with Crippen LogP contribution in [0.4, 0.5) is 0 Å². The number of hydrogen-bond acceptors (Lipinski definition) is 0. The van der Waals surface area contributed by atoms with Crippen molar-refractivity contribution in [2.24, 2.45) is 5.92 Å². The van der Waals surface area contributed by atoms with Crippen molar-refractivity contribution in [2.45, 2.75) is 13.8 Å². The zero-order chi connectivity index (χ0) is 11.1. The van der Waals surface area contributed by atoms with Gasteiger partial charge in [0.1, 0.15) is 0 Å². The van der Waals surface area contributed by atoms with Gasteiger partial charge in [-0.25, -0.2) is 0 Å². The third-order valence-electron chi connectivity index (χ3n) is 1.92. The van der Waals surface area contributed by atoms with Crippen LogP contribution in [0.15, 0.2) is 58.3 Å². The minimum atomic E-state index is 0.171. The molecule has 0 amide bonds. The molecule has 1 aliphatic heterocycles. The molecule has 0 atom stereocenters. The van der Waals surface area contributed by atoms with Gasteiger partial charge in [-0.05, 0) is 37.3 Å². The largest absolute Gasteiger partial charge is 0.0990 e. The Labute approximate surface area is 103 Å². The number of rotatable bonds is 4. The van der Waals surface area contributed by atoms with E-state index in [4.69, 9.17) is 0 Å². The Bertz CT molecular complexity index is 363. The van der Waals surface area contributed by atoms with E-state index in [1.165, 1.54) is 11.1 Å². The lowest BCUT2D eigenvalue weighted by molar-refractivity contribution is 0.831. The Morgan fingerprint density at radius 1 is 1.47 bits per heavy atom. The van der Waals surface area contributed by atoms with Gasteiger partial charge >= 0.3 is 0 Å². The van der Waals surface area contributed by atoms with Gasteiger partial charge in [0.05, 0.1) is 0 Å². The first kappa shape index (κ1) is 12.4. The minimum absolute atomic E-state index is 0.171. The highest BCUT2D eigenvalue weighted by molar-refractivity contribution is 14.2. The van der Waals surface area contributed by atoms with Crippen molar-refractivity contribution in [1.82, 2.24) is 0 Å². The lowest BCUT2D eigenvalue weighted by Crippen LogP contribution is -1.87. The van der Waals surface area contributed by atoms with E-state index < -0.39 is 0 Å². The van der Waals surface area contributed by atoms with Crippen LogP contribution in [0.25, 0.3) is 0 Å². The summed E-state index contributed by atoms with van der Waals surface area (Å²) in [6, 6.07) is 0. The molecule has 0 saturated carbocycles. The Hall–Kier alpha value is -0.700. The zero-order valence-corrected chi connectivity index (χ0v) is 11.4. The summed E-state index contributed by atoms with van der Waals surface area (Å²) < 4.78 is 4.57. The molecule has 0 aromatic carbocycles. The van der Waals surface area contributed by atoms with Gasteiger partial charge in [-0.1, -0.05) is 65.5 Å². The van der Waals surface area contributed by atoms with Gasteiger partial charge in [0.2, 0.25) is 0 Å². The summed E-state index contributed by atoms with van der Waals surface area (Å²) in [5.41, 5.74) is 2.53.